The summed E-state index contributed by atoms with van der Waals surface area (Å²) in [5.41, 5.74) is 0.670. The van der Waals surface area contributed by atoms with Gasteiger partial charge in [-0.1, -0.05) is 12.1 Å². The summed E-state index contributed by atoms with van der Waals surface area (Å²) in [6.45, 7) is 1.77. The molecule has 6 nitrogen and oxygen atoms in total. The number of nitro benzene ring substituents is 1. The predicted molar refractivity (Wildman–Crippen MR) is 53.2 cm³/mol. The maximum atomic E-state index is 10.5. The van der Waals surface area contributed by atoms with Gasteiger partial charge in [0.25, 0.3) is 5.69 Å². The minimum absolute atomic E-state index is 0.0370. The van der Waals surface area contributed by atoms with Crippen LogP contribution in [0.3, 0.4) is 0 Å². The van der Waals surface area contributed by atoms with Gasteiger partial charge in [0.1, 0.15) is 5.82 Å². The number of nitrogens with one attached hydrogen (secondary N) is 1. The summed E-state index contributed by atoms with van der Waals surface area (Å²) in [5, 5.41) is 17.2. The fourth-order valence-electron chi connectivity index (χ4n) is 1.23. The van der Waals surface area contributed by atoms with E-state index >= 15 is 0 Å². The number of aromatic amines is 1. The first kappa shape index (κ1) is 9.32. The Morgan fingerprint density at radius 3 is 2.87 bits per heavy atom. The molecule has 76 valence electrons. The quantitative estimate of drug-likeness (QED) is 0.595. The second kappa shape index (κ2) is 3.49. The molecule has 1 aromatic heterocycles. The standard InChI is InChI=1S/C9H8N4O2/c1-6-10-9(12-11-6)7-3-2-4-8(5-7)13(14)15/h2-5H,1H3,(H,10,11,12). The highest BCUT2D eigenvalue weighted by Crippen LogP contribution is 2.20. The number of nitrogens with zero attached hydrogens (tertiary/aromatic N) is 3. The first-order chi connectivity index (χ1) is 7.16. The van der Waals surface area contributed by atoms with Crippen molar-refractivity contribution in [1.82, 2.24) is 15.2 Å². The monoisotopic (exact) mass is 204 g/mol. The molecule has 0 spiro atoms. The summed E-state index contributed by atoms with van der Waals surface area (Å²) in [4.78, 5) is 14.2. The Morgan fingerprint density at radius 1 is 1.47 bits per heavy atom. The van der Waals surface area contributed by atoms with Crippen LogP contribution >= 0.6 is 0 Å². The van der Waals surface area contributed by atoms with Crippen molar-refractivity contribution in [2.24, 2.45) is 0 Å². The van der Waals surface area contributed by atoms with E-state index in [-0.39, 0.29) is 5.69 Å². The Labute approximate surface area is 85.1 Å². The van der Waals surface area contributed by atoms with Gasteiger partial charge in [0.2, 0.25) is 0 Å². The lowest BCUT2D eigenvalue weighted by atomic mass is 10.2. The summed E-state index contributed by atoms with van der Waals surface area (Å²) >= 11 is 0. The van der Waals surface area contributed by atoms with Crippen LogP contribution in [0.4, 0.5) is 5.69 Å². The molecule has 0 atom stereocenters. The molecule has 0 unspecified atom stereocenters. The van der Waals surface area contributed by atoms with Crippen molar-refractivity contribution in [1.29, 1.82) is 0 Å². The Morgan fingerprint density at radius 2 is 2.27 bits per heavy atom. The maximum absolute atomic E-state index is 10.5. The smallest absolute Gasteiger partial charge is 0.263 e. The van der Waals surface area contributed by atoms with E-state index in [0.29, 0.717) is 17.2 Å². The van der Waals surface area contributed by atoms with Crippen LogP contribution in [0.15, 0.2) is 24.3 Å². The van der Waals surface area contributed by atoms with E-state index in [9.17, 15) is 10.1 Å². The van der Waals surface area contributed by atoms with Crippen molar-refractivity contribution in [3.63, 3.8) is 0 Å². The Kier molecular flexibility index (Phi) is 2.17. The number of aromatic nitrogens is 3. The van der Waals surface area contributed by atoms with Gasteiger partial charge >= 0.3 is 0 Å². The van der Waals surface area contributed by atoms with E-state index in [1.807, 2.05) is 0 Å². The van der Waals surface area contributed by atoms with E-state index in [1.165, 1.54) is 12.1 Å². The highest BCUT2D eigenvalue weighted by molar-refractivity contribution is 5.58. The van der Waals surface area contributed by atoms with Crippen molar-refractivity contribution in [3.05, 3.63) is 40.2 Å². The molecular weight excluding hydrogens is 196 g/mol. The molecule has 0 aliphatic rings. The van der Waals surface area contributed by atoms with E-state index < -0.39 is 4.92 Å². The number of aryl methyl sites for hydroxylation is 1. The molecule has 2 rings (SSSR count). The number of non-ortho nitro benzene ring substituents is 1. The van der Waals surface area contributed by atoms with E-state index in [4.69, 9.17) is 0 Å². The largest absolute Gasteiger partial charge is 0.270 e. The molecule has 0 aliphatic heterocycles. The molecule has 0 saturated carbocycles. The zero-order chi connectivity index (χ0) is 10.8. The minimum atomic E-state index is -0.441. The second-order valence-corrected chi connectivity index (χ2v) is 3.05. The van der Waals surface area contributed by atoms with Crippen molar-refractivity contribution in [2.45, 2.75) is 6.92 Å². The lowest BCUT2D eigenvalue weighted by Crippen LogP contribution is -1.88. The molecule has 0 saturated heterocycles. The number of benzene rings is 1. The summed E-state index contributed by atoms with van der Waals surface area (Å²) in [5.74, 6) is 1.15. The molecular formula is C9H8N4O2. The van der Waals surface area contributed by atoms with Gasteiger partial charge in [-0.05, 0) is 6.92 Å². The van der Waals surface area contributed by atoms with Gasteiger partial charge in [-0.15, -0.1) is 0 Å². The van der Waals surface area contributed by atoms with E-state index in [0.717, 1.165) is 0 Å². The van der Waals surface area contributed by atoms with Crippen LogP contribution in [-0.2, 0) is 0 Å². The van der Waals surface area contributed by atoms with Gasteiger partial charge in [0.05, 0.1) is 4.92 Å². The SMILES string of the molecule is Cc1nc(-c2cccc([N+](=O)[O-])c2)n[nH]1. The van der Waals surface area contributed by atoms with Gasteiger partial charge in [0.15, 0.2) is 5.82 Å². The van der Waals surface area contributed by atoms with Crippen molar-refractivity contribution in [3.8, 4) is 11.4 Å². The molecule has 1 N–H and O–H groups in total. The van der Waals surface area contributed by atoms with Crippen LogP contribution in [0.1, 0.15) is 5.82 Å². The zero-order valence-electron chi connectivity index (χ0n) is 7.97. The molecule has 1 heterocycles. The number of H-pyrrole nitrogens is 1. The summed E-state index contributed by atoms with van der Waals surface area (Å²) in [7, 11) is 0. The molecule has 6 heteroatoms. The Balaban J connectivity index is 2.45. The van der Waals surface area contributed by atoms with Crippen LogP contribution in [0.25, 0.3) is 11.4 Å². The highest BCUT2D eigenvalue weighted by Gasteiger charge is 2.09. The lowest BCUT2D eigenvalue weighted by molar-refractivity contribution is -0.384. The van der Waals surface area contributed by atoms with Crippen LogP contribution in [0.2, 0.25) is 0 Å². The number of hydrogen-bond acceptors (Lipinski definition) is 4. The molecule has 0 aliphatic carbocycles. The fraction of sp³-hybridized carbons (Fsp3) is 0.111. The molecule has 0 amide bonds. The normalized spacial score (nSPS) is 10.2. The first-order valence-electron chi connectivity index (χ1n) is 4.30. The Bertz CT molecular complexity index is 506. The number of rotatable bonds is 2. The van der Waals surface area contributed by atoms with Crippen LogP contribution in [0, 0.1) is 17.0 Å². The average molecular weight is 204 g/mol. The maximum Gasteiger partial charge on any atom is 0.270 e. The van der Waals surface area contributed by atoms with Crippen molar-refractivity contribution < 1.29 is 4.92 Å². The predicted octanol–water partition coefficient (Wildman–Crippen LogP) is 1.69. The third-order valence-electron chi connectivity index (χ3n) is 1.91. The fourth-order valence-corrected chi connectivity index (χ4v) is 1.23. The van der Waals surface area contributed by atoms with Crippen molar-refractivity contribution in [2.75, 3.05) is 0 Å². The van der Waals surface area contributed by atoms with Gasteiger partial charge < -0.3 is 0 Å². The third kappa shape index (κ3) is 1.83. The molecule has 2 aromatic rings. The lowest BCUT2D eigenvalue weighted by Gasteiger charge is -1.94. The zero-order valence-corrected chi connectivity index (χ0v) is 7.97. The van der Waals surface area contributed by atoms with E-state index in [1.54, 1.807) is 19.1 Å². The molecule has 0 fully saturated rings. The molecule has 0 bridgehead atoms. The van der Waals surface area contributed by atoms with Crippen LogP contribution in [-0.4, -0.2) is 20.1 Å². The number of hydrogen-bond donors (Lipinski definition) is 1. The molecule has 0 radical (unpaired) electrons. The Hall–Kier alpha value is -2.24. The van der Waals surface area contributed by atoms with E-state index in [2.05, 4.69) is 15.2 Å². The highest BCUT2D eigenvalue weighted by atomic mass is 16.6. The van der Waals surface area contributed by atoms with Gasteiger partial charge in [-0.3, -0.25) is 15.2 Å². The molecule has 15 heavy (non-hydrogen) atoms. The topological polar surface area (TPSA) is 84.7 Å². The van der Waals surface area contributed by atoms with Crippen LogP contribution in [0.5, 0.6) is 0 Å². The minimum Gasteiger partial charge on any atom is -0.263 e. The summed E-state index contributed by atoms with van der Waals surface area (Å²) in [6.07, 6.45) is 0. The third-order valence-corrected chi connectivity index (χ3v) is 1.91. The van der Waals surface area contributed by atoms with Gasteiger partial charge in [-0.25, -0.2) is 4.98 Å². The summed E-state index contributed by atoms with van der Waals surface area (Å²) in [6, 6.07) is 6.22. The second-order valence-electron chi connectivity index (χ2n) is 3.05. The molecule has 1 aromatic carbocycles. The van der Waals surface area contributed by atoms with Gasteiger partial charge in [0, 0.05) is 17.7 Å². The van der Waals surface area contributed by atoms with Crippen LogP contribution < -0.4 is 0 Å². The summed E-state index contributed by atoms with van der Waals surface area (Å²) < 4.78 is 0. The average Bonchev–Trinajstić information content (AvgIpc) is 2.65. The first-order valence-corrected chi connectivity index (χ1v) is 4.30. The van der Waals surface area contributed by atoms with Gasteiger partial charge in [-0.2, -0.15) is 5.10 Å². The number of nitro groups is 1. The van der Waals surface area contributed by atoms with Crippen molar-refractivity contribution >= 4 is 5.69 Å².